The molecule has 2 amide bonds. The number of nitrogens with zero attached hydrogens (tertiary/aromatic N) is 2. The maximum absolute atomic E-state index is 12.7. The smallest absolute Gasteiger partial charge is 0.274 e. The Labute approximate surface area is 138 Å². The molecule has 1 fully saturated rings. The molecule has 3 rings (SSSR count). The van der Waals surface area contributed by atoms with Gasteiger partial charge in [0.2, 0.25) is 5.91 Å². The Bertz CT molecular complexity index is 722. The first kappa shape index (κ1) is 15.7. The molecule has 2 aromatic heterocycles. The first-order valence-electron chi connectivity index (χ1n) is 7.65. The number of hydrogen-bond acceptors (Lipinski definition) is 5. The van der Waals surface area contributed by atoms with E-state index in [1.165, 1.54) is 11.3 Å². The molecule has 0 aliphatic carbocycles. The van der Waals surface area contributed by atoms with Gasteiger partial charge in [-0.25, -0.2) is 4.98 Å². The third kappa shape index (κ3) is 3.14. The quantitative estimate of drug-likeness (QED) is 0.936. The first-order chi connectivity index (χ1) is 11.1. The average molecular weight is 333 g/mol. The molecule has 2 aromatic rings. The van der Waals surface area contributed by atoms with Crippen LogP contribution < -0.4 is 5.32 Å². The van der Waals surface area contributed by atoms with E-state index in [1.54, 1.807) is 17.3 Å². The third-order valence-electron chi connectivity index (χ3n) is 3.99. The molecule has 7 heteroatoms. The van der Waals surface area contributed by atoms with Gasteiger partial charge in [-0.1, -0.05) is 0 Å². The number of carbonyl (C=O) groups is 2. The average Bonchev–Trinajstić information content (AvgIpc) is 3.22. The van der Waals surface area contributed by atoms with Crippen LogP contribution in [0.3, 0.4) is 0 Å². The normalized spacial score (nSPS) is 18.0. The number of nitrogens with one attached hydrogen (secondary N) is 1. The molecule has 0 aromatic carbocycles. The number of likely N-dealkylation sites (tertiary alicyclic amines) is 1. The molecule has 1 aliphatic rings. The van der Waals surface area contributed by atoms with Crippen molar-refractivity contribution in [2.24, 2.45) is 0 Å². The van der Waals surface area contributed by atoms with Gasteiger partial charge in [-0.05, 0) is 38.3 Å². The van der Waals surface area contributed by atoms with E-state index in [0.717, 1.165) is 18.6 Å². The first-order valence-corrected chi connectivity index (χ1v) is 8.53. The molecule has 1 aliphatic heterocycles. The van der Waals surface area contributed by atoms with Gasteiger partial charge in [0.05, 0.1) is 0 Å². The Balaban J connectivity index is 1.82. The number of carbonyl (C=O) groups excluding carboxylic acids is 2. The number of furan rings is 1. The number of thiazole rings is 1. The van der Waals surface area contributed by atoms with Gasteiger partial charge in [0.1, 0.15) is 17.5 Å². The fraction of sp³-hybridized carbons (Fsp3) is 0.438. The third-order valence-corrected chi connectivity index (χ3v) is 4.84. The van der Waals surface area contributed by atoms with Crippen LogP contribution in [0.15, 0.2) is 21.9 Å². The predicted molar refractivity (Wildman–Crippen MR) is 87.3 cm³/mol. The Morgan fingerprint density at radius 2 is 2.22 bits per heavy atom. The summed E-state index contributed by atoms with van der Waals surface area (Å²) >= 11 is 1.37. The molecular formula is C16H19N3O3S. The van der Waals surface area contributed by atoms with Crippen LogP contribution in [0.25, 0.3) is 10.8 Å². The Morgan fingerprint density at radius 1 is 1.39 bits per heavy atom. The van der Waals surface area contributed by atoms with Crippen LogP contribution in [0.2, 0.25) is 0 Å². The van der Waals surface area contributed by atoms with Crippen molar-refractivity contribution in [1.29, 1.82) is 0 Å². The van der Waals surface area contributed by atoms with Crippen LogP contribution in [0.5, 0.6) is 0 Å². The van der Waals surface area contributed by atoms with Crippen LogP contribution in [0, 0.1) is 6.92 Å². The molecule has 0 bridgehead atoms. The Morgan fingerprint density at radius 3 is 2.91 bits per heavy atom. The lowest BCUT2D eigenvalue weighted by atomic mass is 10.0. The van der Waals surface area contributed by atoms with Crippen molar-refractivity contribution in [2.45, 2.75) is 32.2 Å². The second-order valence-corrected chi connectivity index (χ2v) is 6.43. The second kappa shape index (κ2) is 6.54. The van der Waals surface area contributed by atoms with Gasteiger partial charge in [0.25, 0.3) is 5.91 Å². The van der Waals surface area contributed by atoms with Crippen molar-refractivity contribution in [1.82, 2.24) is 15.2 Å². The molecule has 0 radical (unpaired) electrons. The highest BCUT2D eigenvalue weighted by Gasteiger charge is 2.33. The van der Waals surface area contributed by atoms with E-state index >= 15 is 0 Å². The highest BCUT2D eigenvalue weighted by molar-refractivity contribution is 7.13. The van der Waals surface area contributed by atoms with Gasteiger partial charge in [0, 0.05) is 19.0 Å². The topological polar surface area (TPSA) is 75.4 Å². The summed E-state index contributed by atoms with van der Waals surface area (Å²) in [5.41, 5.74) is 0.370. The zero-order valence-corrected chi connectivity index (χ0v) is 14.0. The molecule has 1 atom stereocenters. The van der Waals surface area contributed by atoms with Crippen LogP contribution >= 0.6 is 11.3 Å². The van der Waals surface area contributed by atoms with Crippen molar-refractivity contribution in [3.63, 3.8) is 0 Å². The standard InChI is InChI=1S/C16H19N3O3S/c1-10-6-7-13(22-10)15-18-11(9-23-15)16(21)19-8-4-3-5-12(19)14(20)17-2/h6-7,9,12H,3-5,8H2,1-2H3,(H,17,20)/t12-/m0/s1. The lowest BCUT2D eigenvalue weighted by Crippen LogP contribution is -2.51. The second-order valence-electron chi connectivity index (χ2n) is 5.57. The van der Waals surface area contributed by atoms with E-state index in [9.17, 15) is 9.59 Å². The molecular weight excluding hydrogens is 314 g/mol. The largest absolute Gasteiger partial charge is 0.459 e. The molecule has 122 valence electrons. The van der Waals surface area contributed by atoms with E-state index < -0.39 is 6.04 Å². The van der Waals surface area contributed by atoms with Crippen molar-refractivity contribution < 1.29 is 14.0 Å². The number of likely N-dealkylation sites (N-methyl/N-ethyl adjacent to an activating group) is 1. The fourth-order valence-corrected chi connectivity index (χ4v) is 3.55. The Hall–Kier alpha value is -2.15. The molecule has 6 nitrogen and oxygen atoms in total. The van der Waals surface area contributed by atoms with Gasteiger partial charge < -0.3 is 14.6 Å². The number of aromatic nitrogens is 1. The number of aryl methyl sites for hydroxylation is 1. The maximum atomic E-state index is 12.7. The van der Waals surface area contributed by atoms with Gasteiger partial charge in [-0.2, -0.15) is 0 Å². The van der Waals surface area contributed by atoms with Crippen LogP contribution in [0.1, 0.15) is 35.5 Å². The van der Waals surface area contributed by atoms with Gasteiger partial charge >= 0.3 is 0 Å². The van der Waals surface area contributed by atoms with Gasteiger partial charge in [-0.15, -0.1) is 11.3 Å². The van der Waals surface area contributed by atoms with Crippen LogP contribution in [0.4, 0.5) is 0 Å². The molecule has 23 heavy (non-hydrogen) atoms. The predicted octanol–water partition coefficient (Wildman–Crippen LogP) is 2.45. The van der Waals surface area contributed by atoms with E-state index in [1.807, 2.05) is 19.1 Å². The number of amides is 2. The summed E-state index contributed by atoms with van der Waals surface area (Å²) in [6.45, 7) is 2.45. The summed E-state index contributed by atoms with van der Waals surface area (Å²) in [6.07, 6.45) is 2.56. The van der Waals surface area contributed by atoms with Crippen molar-refractivity contribution in [3.8, 4) is 10.8 Å². The van der Waals surface area contributed by atoms with Gasteiger partial charge in [0.15, 0.2) is 10.8 Å². The monoisotopic (exact) mass is 333 g/mol. The summed E-state index contributed by atoms with van der Waals surface area (Å²) in [5.74, 6) is 1.16. The number of hydrogen-bond donors (Lipinski definition) is 1. The molecule has 3 heterocycles. The molecule has 1 saturated heterocycles. The SMILES string of the molecule is CNC(=O)[C@@H]1CCCCN1C(=O)c1csc(-c2ccc(C)o2)n1. The molecule has 0 unspecified atom stereocenters. The van der Waals surface area contributed by atoms with Gasteiger partial charge in [-0.3, -0.25) is 9.59 Å². The van der Waals surface area contributed by atoms with Crippen LogP contribution in [-0.2, 0) is 4.79 Å². The lowest BCUT2D eigenvalue weighted by Gasteiger charge is -2.33. The van der Waals surface area contributed by atoms with Crippen molar-refractivity contribution in [2.75, 3.05) is 13.6 Å². The molecule has 0 saturated carbocycles. The molecule has 1 N–H and O–H groups in total. The van der Waals surface area contributed by atoms with E-state index in [4.69, 9.17) is 4.42 Å². The van der Waals surface area contributed by atoms with Crippen LogP contribution in [-0.4, -0.2) is 41.3 Å². The zero-order chi connectivity index (χ0) is 16.4. The number of piperidine rings is 1. The minimum Gasteiger partial charge on any atom is -0.459 e. The van der Waals surface area contributed by atoms with E-state index in [-0.39, 0.29) is 11.8 Å². The highest BCUT2D eigenvalue weighted by Crippen LogP contribution is 2.27. The summed E-state index contributed by atoms with van der Waals surface area (Å²) in [4.78, 5) is 30.8. The minimum atomic E-state index is -0.405. The maximum Gasteiger partial charge on any atom is 0.274 e. The number of rotatable bonds is 3. The summed E-state index contributed by atoms with van der Waals surface area (Å²) in [7, 11) is 1.60. The highest BCUT2D eigenvalue weighted by atomic mass is 32.1. The van der Waals surface area contributed by atoms with E-state index in [2.05, 4.69) is 10.3 Å². The Kier molecular flexibility index (Phi) is 4.47. The lowest BCUT2D eigenvalue weighted by molar-refractivity contribution is -0.126. The minimum absolute atomic E-state index is 0.116. The zero-order valence-electron chi connectivity index (χ0n) is 13.2. The van der Waals surface area contributed by atoms with Crippen molar-refractivity contribution >= 4 is 23.2 Å². The van der Waals surface area contributed by atoms with E-state index in [0.29, 0.717) is 29.4 Å². The summed E-state index contributed by atoms with van der Waals surface area (Å²) in [6, 6.07) is 3.30. The molecule has 0 spiro atoms. The van der Waals surface area contributed by atoms with Crippen molar-refractivity contribution in [3.05, 3.63) is 29.0 Å². The summed E-state index contributed by atoms with van der Waals surface area (Å²) in [5, 5.41) is 5.04. The summed E-state index contributed by atoms with van der Waals surface area (Å²) < 4.78 is 5.54. The fourth-order valence-electron chi connectivity index (χ4n) is 2.80.